The summed E-state index contributed by atoms with van der Waals surface area (Å²) in [5.74, 6) is -3.30. The Morgan fingerprint density at radius 3 is 2.54 bits per heavy atom. The molecule has 6 atom stereocenters. The molecule has 1 aromatic heterocycles. The van der Waals surface area contributed by atoms with Crippen molar-refractivity contribution in [1.29, 1.82) is 0 Å². The predicted molar refractivity (Wildman–Crippen MR) is 132 cm³/mol. The minimum Gasteiger partial charge on any atom is -0.507 e. The fourth-order valence-corrected chi connectivity index (χ4v) is 7.42. The van der Waals surface area contributed by atoms with Crippen LogP contribution in [0.1, 0.15) is 43.2 Å². The number of rotatable bonds is 4. The second kappa shape index (κ2) is 8.15. The average Bonchev–Trinajstić information content (AvgIpc) is 3.53. The Morgan fingerprint density at radius 2 is 1.83 bits per heavy atom. The molecule has 3 fully saturated rings. The van der Waals surface area contributed by atoms with Gasteiger partial charge in [-0.05, 0) is 47.2 Å². The minimum absolute atomic E-state index is 0.0769. The first-order chi connectivity index (χ1) is 16.8. The average molecular weight is 492 g/mol. The van der Waals surface area contributed by atoms with Gasteiger partial charge in [-0.25, -0.2) is 0 Å². The first kappa shape index (κ1) is 22.7. The molecule has 3 aliphatic rings. The molecule has 0 radical (unpaired) electrons. The van der Waals surface area contributed by atoms with Gasteiger partial charge >= 0.3 is 0 Å². The number of fused-ring (bicyclic) bond motifs is 4. The lowest BCUT2D eigenvalue weighted by atomic mass is 9.62. The lowest BCUT2D eigenvalue weighted by Gasteiger charge is -2.46. The number of phenols is 1. The monoisotopic (exact) mass is 491 g/mol. The summed E-state index contributed by atoms with van der Waals surface area (Å²) in [4.78, 5) is 29.5. The summed E-state index contributed by atoms with van der Waals surface area (Å²) in [5, 5.41) is 25.9. The third kappa shape index (κ3) is 3.36. The van der Waals surface area contributed by atoms with Crippen molar-refractivity contribution < 1.29 is 24.5 Å². The Labute approximate surface area is 208 Å². The molecule has 6 rings (SSSR count). The number of phenolic OH excluding ortho intramolecular Hbond substituents is 1. The Balaban J connectivity index is 1.40. The molecule has 0 bridgehead atoms. The van der Waals surface area contributed by atoms with Gasteiger partial charge in [0.15, 0.2) is 5.79 Å². The molecule has 182 valence electrons. The summed E-state index contributed by atoms with van der Waals surface area (Å²) >= 11 is 1.53. The number of nitrogens with zero attached hydrogens (tertiary/aromatic N) is 1. The normalized spacial score (nSPS) is 32.5. The molecular weight excluding hydrogens is 462 g/mol. The molecule has 2 aliphatic heterocycles. The number of carbonyl (C=O) groups is 2. The topological polar surface area (TPSA) is 87.1 Å². The molecular formula is C28H29NO5S. The summed E-state index contributed by atoms with van der Waals surface area (Å²) in [6.45, 7) is 4.36. The number of hydrogen-bond acceptors (Lipinski definition) is 6. The van der Waals surface area contributed by atoms with Crippen LogP contribution >= 0.6 is 11.3 Å². The van der Waals surface area contributed by atoms with E-state index in [2.05, 4.69) is 0 Å². The largest absolute Gasteiger partial charge is 0.507 e. The lowest BCUT2D eigenvalue weighted by molar-refractivity contribution is -0.276. The maximum absolute atomic E-state index is 13.6. The molecule has 3 aromatic rings. The molecule has 1 aliphatic carbocycles. The highest BCUT2D eigenvalue weighted by molar-refractivity contribution is 7.09. The van der Waals surface area contributed by atoms with Crippen molar-refractivity contribution in [1.82, 2.24) is 4.90 Å². The highest BCUT2D eigenvalue weighted by Gasteiger charge is 2.67. The molecule has 2 aromatic carbocycles. The zero-order valence-electron chi connectivity index (χ0n) is 19.8. The number of benzene rings is 2. The summed E-state index contributed by atoms with van der Waals surface area (Å²) in [6.07, 6.45) is 0.440. The fraction of sp³-hybridized carbons (Fsp3) is 0.429. The van der Waals surface area contributed by atoms with Crippen molar-refractivity contribution in [3.63, 3.8) is 0 Å². The smallest absolute Gasteiger partial charge is 0.233 e. The van der Waals surface area contributed by atoms with Gasteiger partial charge in [-0.3, -0.25) is 14.5 Å². The van der Waals surface area contributed by atoms with Gasteiger partial charge in [-0.2, -0.15) is 0 Å². The van der Waals surface area contributed by atoms with Gasteiger partial charge in [-0.1, -0.05) is 50.2 Å². The van der Waals surface area contributed by atoms with Crippen LogP contribution in [0.5, 0.6) is 5.75 Å². The summed E-state index contributed by atoms with van der Waals surface area (Å²) in [6, 6.07) is 14.9. The lowest BCUT2D eigenvalue weighted by Crippen LogP contribution is -2.55. The molecule has 0 spiro atoms. The SMILES string of the molecule is CC(C)[C@H]1C[C@@H]2C(=O)N(Cc3cccs3)C(=O)[C@@H]2[C@@H]2C[C@@H](c3ccc(O)c4ccccc34)O[C@]12O. The number of aliphatic hydroxyl groups is 1. The maximum atomic E-state index is 13.6. The van der Waals surface area contributed by atoms with Crippen LogP contribution in [0.2, 0.25) is 0 Å². The quantitative estimate of drug-likeness (QED) is 0.510. The van der Waals surface area contributed by atoms with Gasteiger partial charge in [0.1, 0.15) is 5.75 Å². The molecule has 2 N–H and O–H groups in total. The van der Waals surface area contributed by atoms with E-state index in [0.29, 0.717) is 12.8 Å². The fourth-order valence-electron chi connectivity index (χ4n) is 6.73. The third-order valence-electron chi connectivity index (χ3n) is 8.35. The molecule has 2 amide bonds. The van der Waals surface area contributed by atoms with Crippen LogP contribution in [0.4, 0.5) is 0 Å². The van der Waals surface area contributed by atoms with Crippen LogP contribution in [0.15, 0.2) is 53.9 Å². The number of amides is 2. The number of thiophene rings is 1. The van der Waals surface area contributed by atoms with Crippen LogP contribution in [0.25, 0.3) is 10.8 Å². The Kier molecular flexibility index (Phi) is 5.29. The highest BCUT2D eigenvalue weighted by atomic mass is 32.1. The molecule has 2 saturated heterocycles. The van der Waals surface area contributed by atoms with E-state index >= 15 is 0 Å². The van der Waals surface area contributed by atoms with Gasteiger partial charge in [0, 0.05) is 22.1 Å². The Morgan fingerprint density at radius 1 is 1.06 bits per heavy atom. The Hall–Kier alpha value is -2.74. The summed E-state index contributed by atoms with van der Waals surface area (Å²) in [5.41, 5.74) is 0.882. The van der Waals surface area contributed by atoms with Crippen molar-refractivity contribution in [2.75, 3.05) is 0 Å². The van der Waals surface area contributed by atoms with E-state index in [0.717, 1.165) is 21.2 Å². The third-order valence-corrected chi connectivity index (χ3v) is 9.21. The van der Waals surface area contributed by atoms with Crippen LogP contribution < -0.4 is 0 Å². The van der Waals surface area contributed by atoms with E-state index in [4.69, 9.17) is 4.74 Å². The van der Waals surface area contributed by atoms with Gasteiger partial charge < -0.3 is 14.9 Å². The van der Waals surface area contributed by atoms with E-state index in [1.807, 2.05) is 61.7 Å². The van der Waals surface area contributed by atoms with Crippen LogP contribution in [0.3, 0.4) is 0 Å². The van der Waals surface area contributed by atoms with E-state index < -0.39 is 29.6 Å². The van der Waals surface area contributed by atoms with Crippen LogP contribution in [-0.2, 0) is 20.9 Å². The molecule has 0 unspecified atom stereocenters. The standard InChI is InChI=1S/C28H29NO5S/c1-15(2)21-12-20-25(27(32)29(26(20)31)14-16-6-5-11-35-16)22-13-24(34-28(21,22)33)19-9-10-23(30)18-8-4-3-7-17(18)19/h3-11,15,20-22,24-25,30,33H,12-14H2,1-2H3/t20-,21+,22-,24-,25-,28+/m0/s1. The number of ether oxygens (including phenoxy) is 1. The van der Waals surface area contributed by atoms with E-state index in [-0.39, 0.29) is 35.9 Å². The number of carbonyl (C=O) groups excluding carboxylic acids is 2. The van der Waals surface area contributed by atoms with Crippen molar-refractivity contribution in [3.8, 4) is 5.75 Å². The van der Waals surface area contributed by atoms with Crippen LogP contribution in [-0.4, -0.2) is 32.7 Å². The van der Waals surface area contributed by atoms with Crippen LogP contribution in [0, 0.1) is 29.6 Å². The summed E-state index contributed by atoms with van der Waals surface area (Å²) < 4.78 is 6.49. The zero-order chi connectivity index (χ0) is 24.5. The number of imide groups is 1. The molecule has 35 heavy (non-hydrogen) atoms. The molecule has 6 nitrogen and oxygen atoms in total. The molecule has 7 heteroatoms. The van der Waals surface area contributed by atoms with Gasteiger partial charge in [0.2, 0.25) is 11.8 Å². The Bertz CT molecular complexity index is 1300. The van der Waals surface area contributed by atoms with Crippen molar-refractivity contribution in [2.24, 2.45) is 29.6 Å². The van der Waals surface area contributed by atoms with Crippen molar-refractivity contribution >= 4 is 33.9 Å². The van der Waals surface area contributed by atoms with E-state index in [1.165, 1.54) is 16.2 Å². The number of aromatic hydroxyl groups is 1. The van der Waals surface area contributed by atoms with Crippen molar-refractivity contribution in [2.45, 2.75) is 45.1 Å². The van der Waals surface area contributed by atoms with Gasteiger partial charge in [-0.15, -0.1) is 11.3 Å². The molecule has 1 saturated carbocycles. The highest BCUT2D eigenvalue weighted by Crippen LogP contribution is 2.60. The second-order valence-electron chi connectivity index (χ2n) is 10.5. The first-order valence-corrected chi connectivity index (χ1v) is 13.2. The zero-order valence-corrected chi connectivity index (χ0v) is 20.6. The minimum atomic E-state index is -1.49. The molecule has 3 heterocycles. The predicted octanol–water partition coefficient (Wildman–Crippen LogP) is 4.85. The maximum Gasteiger partial charge on any atom is 0.233 e. The number of likely N-dealkylation sites (tertiary alicyclic amines) is 1. The van der Waals surface area contributed by atoms with Gasteiger partial charge in [0.05, 0.1) is 24.5 Å². The van der Waals surface area contributed by atoms with Gasteiger partial charge in [0.25, 0.3) is 0 Å². The van der Waals surface area contributed by atoms with E-state index in [9.17, 15) is 19.8 Å². The summed E-state index contributed by atoms with van der Waals surface area (Å²) in [7, 11) is 0. The van der Waals surface area contributed by atoms with E-state index in [1.54, 1.807) is 6.07 Å². The number of hydrogen-bond donors (Lipinski definition) is 2. The van der Waals surface area contributed by atoms with Crippen molar-refractivity contribution in [3.05, 3.63) is 64.4 Å². The second-order valence-corrected chi connectivity index (χ2v) is 11.5. The first-order valence-electron chi connectivity index (χ1n) is 12.3.